The molecular formula is C10H12BrClN2. The van der Waals surface area contributed by atoms with E-state index in [1.54, 1.807) is 6.20 Å². The van der Waals surface area contributed by atoms with Gasteiger partial charge >= 0.3 is 0 Å². The first-order valence-corrected chi connectivity index (χ1v) is 5.89. The van der Waals surface area contributed by atoms with Crippen LogP contribution >= 0.6 is 27.5 Å². The average Bonchev–Trinajstić information content (AvgIpc) is 2.58. The molecule has 0 radical (unpaired) electrons. The SMILES string of the molecule is NC1(c2cc(Br)cnc2Cl)CCCC1. The maximum absolute atomic E-state index is 6.30. The average molecular weight is 276 g/mol. The van der Waals surface area contributed by atoms with Crippen LogP contribution in [-0.2, 0) is 5.54 Å². The van der Waals surface area contributed by atoms with Crippen LogP contribution in [0.3, 0.4) is 0 Å². The Morgan fingerprint density at radius 2 is 2.07 bits per heavy atom. The Morgan fingerprint density at radius 1 is 1.43 bits per heavy atom. The molecule has 1 saturated carbocycles. The maximum atomic E-state index is 6.30. The van der Waals surface area contributed by atoms with Crippen molar-refractivity contribution in [2.45, 2.75) is 31.2 Å². The standard InChI is InChI=1S/C10H12BrClN2/c11-7-5-8(9(12)14-6-7)10(13)3-1-2-4-10/h5-6H,1-4,13H2. The molecule has 1 fully saturated rings. The monoisotopic (exact) mass is 274 g/mol. The largest absolute Gasteiger partial charge is 0.321 e. The van der Waals surface area contributed by atoms with E-state index in [1.807, 2.05) is 6.07 Å². The summed E-state index contributed by atoms with van der Waals surface area (Å²) in [6.07, 6.45) is 6.07. The van der Waals surface area contributed by atoms with Gasteiger partial charge in [0.15, 0.2) is 0 Å². The Morgan fingerprint density at radius 3 is 2.71 bits per heavy atom. The lowest BCUT2D eigenvalue weighted by Crippen LogP contribution is -2.33. The number of hydrogen-bond acceptors (Lipinski definition) is 2. The highest BCUT2D eigenvalue weighted by Gasteiger charge is 2.33. The molecule has 1 aliphatic carbocycles. The predicted molar refractivity (Wildman–Crippen MR) is 61.3 cm³/mol. The number of nitrogens with zero attached hydrogens (tertiary/aromatic N) is 1. The molecule has 0 spiro atoms. The van der Waals surface area contributed by atoms with Gasteiger partial charge in [0.2, 0.25) is 0 Å². The van der Waals surface area contributed by atoms with Gasteiger partial charge in [0.05, 0.1) is 0 Å². The molecular weight excluding hydrogens is 263 g/mol. The molecule has 4 heteroatoms. The molecule has 1 heterocycles. The molecule has 2 nitrogen and oxygen atoms in total. The van der Waals surface area contributed by atoms with Crippen LogP contribution in [0.15, 0.2) is 16.7 Å². The highest BCUT2D eigenvalue weighted by atomic mass is 79.9. The highest BCUT2D eigenvalue weighted by molar-refractivity contribution is 9.10. The topological polar surface area (TPSA) is 38.9 Å². The zero-order chi connectivity index (χ0) is 10.2. The van der Waals surface area contributed by atoms with Gasteiger partial charge in [-0.1, -0.05) is 24.4 Å². The van der Waals surface area contributed by atoms with Crippen LogP contribution in [0.4, 0.5) is 0 Å². The van der Waals surface area contributed by atoms with Gasteiger partial charge in [-0.15, -0.1) is 0 Å². The summed E-state index contributed by atoms with van der Waals surface area (Å²) in [6.45, 7) is 0. The summed E-state index contributed by atoms with van der Waals surface area (Å²) in [5, 5.41) is 0.539. The Balaban J connectivity index is 2.44. The molecule has 0 bridgehead atoms. The third kappa shape index (κ3) is 1.81. The number of pyridine rings is 1. The van der Waals surface area contributed by atoms with Crippen LogP contribution < -0.4 is 5.73 Å². The van der Waals surface area contributed by atoms with Crippen molar-refractivity contribution >= 4 is 27.5 Å². The maximum Gasteiger partial charge on any atom is 0.134 e. The minimum absolute atomic E-state index is 0.256. The highest BCUT2D eigenvalue weighted by Crippen LogP contribution is 2.39. The van der Waals surface area contributed by atoms with Crippen LogP contribution in [0.1, 0.15) is 31.2 Å². The van der Waals surface area contributed by atoms with Crippen molar-refractivity contribution in [3.63, 3.8) is 0 Å². The van der Waals surface area contributed by atoms with Crippen molar-refractivity contribution in [2.75, 3.05) is 0 Å². The first-order chi connectivity index (χ1) is 6.62. The minimum Gasteiger partial charge on any atom is -0.321 e. The number of aromatic nitrogens is 1. The van der Waals surface area contributed by atoms with Crippen LogP contribution in [-0.4, -0.2) is 4.98 Å². The number of halogens is 2. The lowest BCUT2D eigenvalue weighted by Gasteiger charge is -2.24. The van der Waals surface area contributed by atoms with Crippen LogP contribution in [0.5, 0.6) is 0 Å². The second kappa shape index (κ2) is 3.80. The summed E-state index contributed by atoms with van der Waals surface area (Å²) in [5.41, 5.74) is 7.03. The second-order valence-electron chi connectivity index (χ2n) is 3.86. The van der Waals surface area contributed by atoms with E-state index in [9.17, 15) is 0 Å². The Bertz CT molecular complexity index is 348. The van der Waals surface area contributed by atoms with Crippen molar-refractivity contribution in [2.24, 2.45) is 5.73 Å². The molecule has 0 saturated heterocycles. The Hall–Kier alpha value is -0.120. The quantitative estimate of drug-likeness (QED) is 0.799. The molecule has 0 unspecified atom stereocenters. The lowest BCUT2D eigenvalue weighted by molar-refractivity contribution is 0.460. The van der Waals surface area contributed by atoms with Crippen LogP contribution in [0, 0.1) is 0 Å². The van der Waals surface area contributed by atoms with Crippen molar-refractivity contribution in [1.29, 1.82) is 0 Å². The van der Waals surface area contributed by atoms with Crippen molar-refractivity contribution in [3.05, 3.63) is 27.5 Å². The van der Waals surface area contributed by atoms with Gasteiger partial charge in [-0.3, -0.25) is 0 Å². The van der Waals surface area contributed by atoms with Gasteiger partial charge in [-0.2, -0.15) is 0 Å². The van der Waals surface area contributed by atoms with E-state index in [-0.39, 0.29) is 5.54 Å². The van der Waals surface area contributed by atoms with Gasteiger partial charge < -0.3 is 5.73 Å². The molecule has 0 aromatic carbocycles. The van der Waals surface area contributed by atoms with E-state index in [0.29, 0.717) is 5.15 Å². The third-order valence-corrected chi connectivity index (χ3v) is 3.57. The fraction of sp³-hybridized carbons (Fsp3) is 0.500. The minimum atomic E-state index is -0.256. The number of hydrogen-bond donors (Lipinski definition) is 1. The van der Waals surface area contributed by atoms with Crippen molar-refractivity contribution in [1.82, 2.24) is 4.98 Å². The lowest BCUT2D eigenvalue weighted by atomic mass is 9.91. The third-order valence-electron chi connectivity index (χ3n) is 2.84. The van der Waals surface area contributed by atoms with E-state index >= 15 is 0 Å². The molecule has 1 aliphatic rings. The van der Waals surface area contributed by atoms with E-state index in [4.69, 9.17) is 17.3 Å². The normalized spacial score (nSPS) is 19.9. The van der Waals surface area contributed by atoms with Gasteiger partial charge in [0.25, 0.3) is 0 Å². The van der Waals surface area contributed by atoms with E-state index in [1.165, 1.54) is 12.8 Å². The molecule has 2 rings (SSSR count). The summed E-state index contributed by atoms with van der Waals surface area (Å²) in [5.74, 6) is 0. The van der Waals surface area contributed by atoms with Gasteiger partial charge in [-0.05, 0) is 34.8 Å². The molecule has 0 atom stereocenters. The van der Waals surface area contributed by atoms with Gasteiger partial charge in [-0.25, -0.2) is 4.98 Å². The van der Waals surface area contributed by atoms with E-state index < -0.39 is 0 Å². The molecule has 2 N–H and O–H groups in total. The summed E-state index contributed by atoms with van der Waals surface area (Å²) in [6, 6.07) is 1.99. The molecule has 14 heavy (non-hydrogen) atoms. The number of rotatable bonds is 1. The Labute approximate surface area is 97.0 Å². The van der Waals surface area contributed by atoms with E-state index in [0.717, 1.165) is 22.9 Å². The molecule has 0 amide bonds. The first-order valence-electron chi connectivity index (χ1n) is 4.72. The fourth-order valence-corrected chi connectivity index (χ4v) is 2.67. The van der Waals surface area contributed by atoms with Crippen LogP contribution in [0.25, 0.3) is 0 Å². The number of nitrogens with two attached hydrogens (primary N) is 1. The summed E-state index contributed by atoms with van der Waals surface area (Å²) in [4.78, 5) is 4.11. The predicted octanol–water partition coefficient (Wildman–Crippen LogP) is 3.23. The van der Waals surface area contributed by atoms with Gasteiger partial charge in [0, 0.05) is 21.8 Å². The summed E-state index contributed by atoms with van der Waals surface area (Å²) >= 11 is 9.44. The van der Waals surface area contributed by atoms with Crippen molar-refractivity contribution in [3.8, 4) is 0 Å². The second-order valence-corrected chi connectivity index (χ2v) is 5.13. The summed E-state index contributed by atoms with van der Waals surface area (Å²) in [7, 11) is 0. The molecule has 0 aliphatic heterocycles. The van der Waals surface area contributed by atoms with E-state index in [2.05, 4.69) is 20.9 Å². The van der Waals surface area contributed by atoms with Gasteiger partial charge in [0.1, 0.15) is 5.15 Å². The first kappa shape index (κ1) is 10.4. The zero-order valence-corrected chi connectivity index (χ0v) is 10.1. The molecule has 76 valence electrons. The zero-order valence-electron chi connectivity index (χ0n) is 7.76. The molecule has 1 aromatic heterocycles. The van der Waals surface area contributed by atoms with Crippen LogP contribution in [0.2, 0.25) is 5.15 Å². The smallest absolute Gasteiger partial charge is 0.134 e. The molecule has 1 aromatic rings. The Kier molecular flexibility index (Phi) is 2.82. The fourth-order valence-electron chi connectivity index (χ4n) is 2.05. The summed E-state index contributed by atoms with van der Waals surface area (Å²) < 4.78 is 0.939. The van der Waals surface area contributed by atoms with Crippen molar-refractivity contribution < 1.29 is 0 Å².